The number of carbonyl (C=O) groups excluding carboxylic acids is 5. The number of phenols is 1. The summed E-state index contributed by atoms with van der Waals surface area (Å²) in [6.45, 7) is 10.5. The number of nitrogens with two attached hydrogens (primary N) is 1. The molecule has 3 aromatic rings. The van der Waals surface area contributed by atoms with Gasteiger partial charge in [-0.1, -0.05) is 62.4 Å². The Labute approximate surface area is 511 Å². The van der Waals surface area contributed by atoms with Crippen LogP contribution in [-0.4, -0.2) is 236 Å². The van der Waals surface area contributed by atoms with Gasteiger partial charge in [0.2, 0.25) is 23.6 Å². The molecule has 2 heterocycles. The second-order valence-corrected chi connectivity index (χ2v) is 20.8. The van der Waals surface area contributed by atoms with E-state index >= 15 is 0 Å². The molecule has 2 aliphatic heterocycles. The van der Waals surface area contributed by atoms with Gasteiger partial charge in [-0.15, -0.1) is 0 Å². The molecule has 2 aliphatic rings. The summed E-state index contributed by atoms with van der Waals surface area (Å²) in [7, 11) is 0. The molecule has 2 atom stereocenters. The number of nitrogens with one attached hydrogen (secondary N) is 6. The molecule has 2 unspecified atom stereocenters. The van der Waals surface area contributed by atoms with Gasteiger partial charge in [0.1, 0.15) is 29.5 Å². The Balaban J connectivity index is 0.00000540. The van der Waals surface area contributed by atoms with Crippen LogP contribution in [0.4, 0.5) is 13.6 Å². The summed E-state index contributed by atoms with van der Waals surface area (Å²) in [6, 6.07) is 14.2. The minimum atomic E-state index is -1.21. The third-order valence-electron chi connectivity index (χ3n) is 14.4. The lowest BCUT2D eigenvalue weighted by atomic mass is 10.00. The number of carboxylic acid groups (broad SMARTS) is 3. The largest absolute Gasteiger partial charge is 0.508 e. The number of urea groups is 1. The first-order chi connectivity index (χ1) is 42.3. The Morgan fingerprint density at radius 1 is 0.682 bits per heavy atom. The number of benzene rings is 3. The molecule has 0 saturated carbocycles. The molecule has 27 nitrogen and oxygen atoms in total. The SMILES string of the molecule is CCC(=O)NCCNC(=O)NC(N)=NCCCC(NC(=O)C(c1ccc(CCCOCCOCCNC(=O)CN2CCN(CC)CCN(CC(=O)O)CCN(CC(=O)O)CC2)cc1)N1Cc2ccccc2C1)C(=O)NCc1c(F)cc(O)cc1F.O=CO. The van der Waals surface area contributed by atoms with Crippen LogP contribution in [-0.2, 0) is 69.1 Å². The molecule has 3 aromatic carbocycles. The average molecular weight is 1240 g/mol. The third kappa shape index (κ3) is 27.8. The number of ether oxygens (including phenoxy) is 2. The number of aryl methyl sites for hydroxylation is 1. The van der Waals surface area contributed by atoms with E-state index in [1.54, 1.807) is 11.8 Å². The van der Waals surface area contributed by atoms with Gasteiger partial charge in [-0.25, -0.2) is 13.6 Å². The number of carbonyl (C=O) groups is 8. The molecule has 0 bridgehead atoms. The van der Waals surface area contributed by atoms with Crippen molar-refractivity contribution in [1.29, 1.82) is 0 Å². The molecule has 0 spiro atoms. The lowest BCUT2D eigenvalue weighted by Gasteiger charge is -2.33. The highest BCUT2D eigenvalue weighted by Gasteiger charge is 2.34. The number of likely N-dealkylation sites (N-methyl/N-ethyl adjacent to an activating group) is 1. The molecule has 5 rings (SSSR count). The maximum absolute atomic E-state index is 14.7. The Hall–Kier alpha value is -7.93. The number of hydrogen-bond acceptors (Lipinski definition) is 17. The number of amides is 6. The van der Waals surface area contributed by atoms with Gasteiger partial charge in [0.15, 0.2) is 5.96 Å². The van der Waals surface area contributed by atoms with Gasteiger partial charge in [-0.05, 0) is 54.5 Å². The van der Waals surface area contributed by atoms with E-state index in [1.165, 1.54) is 0 Å². The van der Waals surface area contributed by atoms with Crippen LogP contribution in [0, 0.1) is 11.6 Å². The lowest BCUT2D eigenvalue weighted by Crippen LogP contribution is -2.50. The minimum Gasteiger partial charge on any atom is -0.508 e. The van der Waals surface area contributed by atoms with Crippen molar-refractivity contribution in [3.8, 4) is 5.75 Å². The van der Waals surface area contributed by atoms with E-state index in [0.29, 0.717) is 117 Å². The Kier molecular flexibility index (Phi) is 33.4. The van der Waals surface area contributed by atoms with Gasteiger partial charge < -0.3 is 67.1 Å². The van der Waals surface area contributed by atoms with E-state index in [-0.39, 0.29) is 83.0 Å². The molecule has 486 valence electrons. The van der Waals surface area contributed by atoms with E-state index in [0.717, 1.165) is 35.4 Å². The van der Waals surface area contributed by atoms with Crippen LogP contribution < -0.4 is 37.6 Å². The molecule has 88 heavy (non-hydrogen) atoms. The number of aliphatic imine (C=N–C) groups is 1. The number of guanidine groups is 1. The Bertz CT molecular complexity index is 2680. The quantitative estimate of drug-likeness (QED) is 0.0177. The second kappa shape index (κ2) is 40.5. The van der Waals surface area contributed by atoms with E-state index in [2.05, 4.69) is 41.8 Å². The van der Waals surface area contributed by atoms with Crippen molar-refractivity contribution in [1.82, 2.24) is 56.4 Å². The van der Waals surface area contributed by atoms with Crippen molar-refractivity contribution in [2.45, 2.75) is 77.7 Å². The molecule has 0 aromatic heterocycles. The fourth-order valence-electron chi connectivity index (χ4n) is 9.68. The van der Waals surface area contributed by atoms with Crippen molar-refractivity contribution in [2.75, 3.05) is 131 Å². The zero-order valence-corrected chi connectivity index (χ0v) is 50.2. The predicted octanol–water partition coefficient (Wildman–Crippen LogP) is 0.642. The predicted molar refractivity (Wildman–Crippen MR) is 321 cm³/mol. The number of nitrogens with zero attached hydrogens (tertiary/aromatic N) is 6. The standard InChI is InChI=1S/C58H85F2N13O12.CH2O2/c1-3-50(75)62-18-19-65-58(83)68-57(61)64-17-7-12-49(55(81)66-35-46-47(59)33-45(74)34-48(46)60)67-56(82)54(73-36-43-10-5-6-11-44(43)37-73)42-15-13-41(14-16-42)9-8-29-84-31-32-85-30-20-63-51(76)38-70-23-21-69(4-2)22-24-71(39-52(77)78)27-28-72(26-25-70)40-53(79)80;2-1-3/h5-6,10-11,13-16,33-34,49,54,74H,3-4,7-9,12,17-32,35-40H2,1-2H3,(H,62,75)(H,63,76)(H,66,81)(H,67,82)(H,77,78)(H,79,80)(H4,61,64,65,68,83);1H,(H,2,3). The molecular formula is C59H87F2N13O14. The fourth-order valence-corrected chi connectivity index (χ4v) is 9.68. The highest BCUT2D eigenvalue weighted by molar-refractivity contribution is 5.95. The monoisotopic (exact) mass is 1240 g/mol. The number of aromatic hydroxyl groups is 1. The topological polar surface area (TPSA) is 363 Å². The van der Waals surface area contributed by atoms with E-state index in [1.807, 2.05) is 70.2 Å². The summed E-state index contributed by atoms with van der Waals surface area (Å²) in [5.74, 6) is -6.45. The van der Waals surface area contributed by atoms with Crippen LogP contribution in [0.2, 0.25) is 0 Å². The van der Waals surface area contributed by atoms with Gasteiger partial charge in [-0.2, -0.15) is 0 Å². The van der Waals surface area contributed by atoms with Gasteiger partial charge >= 0.3 is 18.0 Å². The van der Waals surface area contributed by atoms with E-state index < -0.39 is 71.4 Å². The average Bonchev–Trinajstić information content (AvgIpc) is 2.74. The smallest absolute Gasteiger partial charge is 0.321 e. The zero-order chi connectivity index (χ0) is 64.2. The van der Waals surface area contributed by atoms with Crippen molar-refractivity contribution in [3.05, 3.63) is 100 Å². The normalized spacial score (nSPS) is 15.4. The number of aliphatic carboxylic acids is 2. The van der Waals surface area contributed by atoms with Crippen LogP contribution in [0.3, 0.4) is 0 Å². The number of halogens is 2. The molecule has 1 saturated heterocycles. The number of fused-ring (bicyclic) bond motifs is 1. The van der Waals surface area contributed by atoms with Crippen molar-refractivity contribution in [3.63, 3.8) is 0 Å². The summed E-state index contributed by atoms with van der Waals surface area (Å²) in [5.41, 5.74) is 9.20. The Morgan fingerprint density at radius 3 is 1.77 bits per heavy atom. The van der Waals surface area contributed by atoms with Crippen molar-refractivity contribution < 1.29 is 77.0 Å². The summed E-state index contributed by atoms with van der Waals surface area (Å²) in [6.07, 6.45) is 1.86. The van der Waals surface area contributed by atoms with Crippen molar-refractivity contribution >= 4 is 54.0 Å². The molecule has 12 N–H and O–H groups in total. The highest BCUT2D eigenvalue weighted by atomic mass is 19.1. The molecular weight excluding hydrogens is 1150 g/mol. The van der Waals surface area contributed by atoms with Gasteiger partial charge in [0.25, 0.3) is 6.47 Å². The first kappa shape index (κ1) is 72.5. The van der Waals surface area contributed by atoms with E-state index in [4.69, 9.17) is 25.1 Å². The summed E-state index contributed by atoms with van der Waals surface area (Å²) < 4.78 is 41.0. The first-order valence-electron chi connectivity index (χ1n) is 29.4. The number of phenolic OH excluding ortho intramolecular Hbond substituents is 1. The molecule has 0 aliphatic carbocycles. The number of carboxylic acids is 2. The van der Waals surface area contributed by atoms with Crippen LogP contribution >= 0.6 is 0 Å². The van der Waals surface area contributed by atoms with E-state index in [9.17, 15) is 57.7 Å². The van der Waals surface area contributed by atoms with Crippen LogP contribution in [0.15, 0.2) is 65.7 Å². The van der Waals surface area contributed by atoms with Gasteiger partial charge in [-0.3, -0.25) is 63.5 Å². The first-order valence-corrected chi connectivity index (χ1v) is 29.4. The summed E-state index contributed by atoms with van der Waals surface area (Å²) in [4.78, 5) is 111. The molecule has 1 fully saturated rings. The molecule has 0 radical (unpaired) electrons. The maximum atomic E-state index is 14.7. The van der Waals surface area contributed by atoms with Crippen LogP contribution in [0.25, 0.3) is 0 Å². The van der Waals surface area contributed by atoms with Crippen LogP contribution in [0.5, 0.6) is 5.75 Å². The zero-order valence-electron chi connectivity index (χ0n) is 50.2. The van der Waals surface area contributed by atoms with Crippen molar-refractivity contribution in [2.24, 2.45) is 10.7 Å². The third-order valence-corrected chi connectivity index (χ3v) is 14.4. The number of hydrogen-bond donors (Lipinski definition) is 11. The highest BCUT2D eigenvalue weighted by Crippen LogP contribution is 2.32. The lowest BCUT2D eigenvalue weighted by molar-refractivity contribution is -0.140. The van der Waals surface area contributed by atoms with Gasteiger partial charge in [0, 0.05) is 129 Å². The maximum Gasteiger partial charge on any atom is 0.321 e. The Morgan fingerprint density at radius 2 is 1.22 bits per heavy atom. The minimum absolute atomic E-state index is 0.0107. The second-order valence-electron chi connectivity index (χ2n) is 20.8. The molecule has 29 heteroatoms. The van der Waals surface area contributed by atoms with Gasteiger partial charge in [0.05, 0.1) is 39.5 Å². The molecule has 6 amide bonds. The van der Waals surface area contributed by atoms with Crippen LogP contribution in [0.1, 0.15) is 73.4 Å². The summed E-state index contributed by atoms with van der Waals surface area (Å²) >= 11 is 0. The number of rotatable bonds is 32. The summed E-state index contributed by atoms with van der Waals surface area (Å²) in [5, 5.41) is 51.3. The fraction of sp³-hybridized carbons (Fsp3) is 0.542.